The maximum atomic E-state index is 9.99. The Hall–Kier alpha value is -1.39. The fourth-order valence-electron chi connectivity index (χ4n) is 1.64. The van der Waals surface area contributed by atoms with E-state index in [4.69, 9.17) is 0 Å². The largest absolute Gasteiger partial charge is 0.388 e. The van der Waals surface area contributed by atoms with Gasteiger partial charge in [0.15, 0.2) is 5.16 Å². The summed E-state index contributed by atoms with van der Waals surface area (Å²) in [7, 11) is 0. The number of benzene rings is 1. The van der Waals surface area contributed by atoms with E-state index in [1.165, 1.54) is 11.8 Å². The van der Waals surface area contributed by atoms with Gasteiger partial charge in [-0.05, 0) is 42.8 Å². The Morgan fingerprint density at radius 1 is 1.28 bits per heavy atom. The summed E-state index contributed by atoms with van der Waals surface area (Å²) in [5.41, 5.74) is 1.89. The summed E-state index contributed by atoms with van der Waals surface area (Å²) in [6.45, 7) is 3.91. The van der Waals surface area contributed by atoms with Crippen molar-refractivity contribution < 1.29 is 5.11 Å². The molecule has 18 heavy (non-hydrogen) atoms. The minimum atomic E-state index is -0.432. The Morgan fingerprint density at radius 2 is 2.06 bits per heavy atom. The van der Waals surface area contributed by atoms with Crippen LogP contribution in [0.25, 0.3) is 0 Å². The average molecular weight is 260 g/mol. The Labute approximate surface area is 111 Å². The van der Waals surface area contributed by atoms with Crippen molar-refractivity contribution in [3.05, 3.63) is 47.8 Å². The number of nitrogens with zero attached hydrogens (tertiary/aromatic N) is 2. The molecule has 0 bridgehead atoms. The van der Waals surface area contributed by atoms with Crippen LogP contribution in [0.4, 0.5) is 0 Å². The van der Waals surface area contributed by atoms with Crippen molar-refractivity contribution in [1.82, 2.24) is 9.97 Å². The molecule has 0 radical (unpaired) electrons. The van der Waals surface area contributed by atoms with E-state index in [1.54, 1.807) is 6.20 Å². The minimum Gasteiger partial charge on any atom is -0.388 e. The molecule has 3 nitrogen and oxygen atoms in total. The van der Waals surface area contributed by atoms with Crippen LogP contribution in [0.2, 0.25) is 0 Å². The normalized spacial score (nSPS) is 12.4. The second-order valence-electron chi connectivity index (χ2n) is 4.04. The highest BCUT2D eigenvalue weighted by atomic mass is 32.2. The summed E-state index contributed by atoms with van der Waals surface area (Å²) in [6, 6.07) is 9.72. The number of hydrogen-bond acceptors (Lipinski definition) is 4. The molecule has 0 aliphatic carbocycles. The smallest absolute Gasteiger partial charge is 0.192 e. The van der Waals surface area contributed by atoms with Crippen LogP contribution in [0.5, 0.6) is 0 Å². The number of aliphatic hydroxyl groups is 1. The average Bonchev–Trinajstić information content (AvgIpc) is 2.38. The third kappa shape index (κ3) is 3.09. The molecule has 1 N–H and O–H groups in total. The van der Waals surface area contributed by atoms with Crippen LogP contribution < -0.4 is 0 Å². The summed E-state index contributed by atoms with van der Waals surface area (Å²) in [4.78, 5) is 9.61. The molecule has 0 fully saturated rings. The molecule has 2 aromatic rings. The van der Waals surface area contributed by atoms with Gasteiger partial charge in [-0.3, -0.25) is 0 Å². The van der Waals surface area contributed by atoms with Gasteiger partial charge in [-0.25, -0.2) is 9.97 Å². The predicted molar refractivity (Wildman–Crippen MR) is 72.6 cm³/mol. The highest BCUT2D eigenvalue weighted by Gasteiger charge is 2.11. The highest BCUT2D eigenvalue weighted by molar-refractivity contribution is 7.99. The molecule has 4 heteroatoms. The van der Waals surface area contributed by atoms with E-state index in [0.29, 0.717) is 11.6 Å². The van der Waals surface area contributed by atoms with Crippen molar-refractivity contribution in [2.24, 2.45) is 0 Å². The maximum absolute atomic E-state index is 9.99. The van der Waals surface area contributed by atoms with Gasteiger partial charge in [-0.1, -0.05) is 25.1 Å². The van der Waals surface area contributed by atoms with E-state index in [-0.39, 0.29) is 0 Å². The van der Waals surface area contributed by atoms with E-state index < -0.39 is 6.10 Å². The van der Waals surface area contributed by atoms with Gasteiger partial charge in [-0.2, -0.15) is 0 Å². The van der Waals surface area contributed by atoms with Crippen LogP contribution in [-0.2, 0) is 0 Å². The number of aromatic nitrogens is 2. The maximum Gasteiger partial charge on any atom is 0.192 e. The summed E-state index contributed by atoms with van der Waals surface area (Å²) in [6.07, 6.45) is 2.02. The fraction of sp³-hybridized carbons (Fsp3) is 0.286. The molecule has 1 heterocycles. The van der Waals surface area contributed by atoms with E-state index in [1.807, 2.05) is 44.2 Å². The first-order chi connectivity index (χ1) is 8.70. The Bertz CT molecular complexity index is 531. The second kappa shape index (κ2) is 5.98. The van der Waals surface area contributed by atoms with Gasteiger partial charge < -0.3 is 5.11 Å². The van der Waals surface area contributed by atoms with Gasteiger partial charge in [0.1, 0.15) is 0 Å². The molecule has 1 aromatic heterocycles. The number of aryl methyl sites for hydroxylation is 1. The van der Waals surface area contributed by atoms with E-state index in [9.17, 15) is 5.11 Å². The predicted octanol–water partition coefficient (Wildman–Crippen LogP) is 3.38. The Balaban J connectivity index is 2.29. The molecule has 0 aliphatic rings. The van der Waals surface area contributed by atoms with Crippen LogP contribution in [0.1, 0.15) is 30.7 Å². The molecule has 94 valence electrons. The molecular formula is C14H16N2OS. The van der Waals surface area contributed by atoms with Crippen molar-refractivity contribution in [2.45, 2.75) is 36.4 Å². The van der Waals surface area contributed by atoms with Gasteiger partial charge in [0.25, 0.3) is 0 Å². The standard InChI is InChI=1S/C14H16N2OS/c1-3-12(17)11-6-4-5-7-13(11)18-14-15-9-8-10(2)16-14/h4-9,12,17H,3H2,1-2H3/t12-/m0/s1. The van der Waals surface area contributed by atoms with Crippen molar-refractivity contribution in [2.75, 3.05) is 0 Å². The lowest BCUT2D eigenvalue weighted by Gasteiger charge is -2.12. The van der Waals surface area contributed by atoms with Gasteiger partial charge >= 0.3 is 0 Å². The Kier molecular flexibility index (Phi) is 4.33. The summed E-state index contributed by atoms with van der Waals surface area (Å²) in [5, 5.41) is 10.7. The summed E-state index contributed by atoms with van der Waals surface area (Å²) >= 11 is 1.49. The zero-order valence-corrected chi connectivity index (χ0v) is 11.3. The molecule has 1 aromatic carbocycles. The van der Waals surface area contributed by atoms with Gasteiger partial charge in [0.2, 0.25) is 0 Å². The molecular weight excluding hydrogens is 244 g/mol. The molecule has 0 aliphatic heterocycles. The number of rotatable bonds is 4. The van der Waals surface area contributed by atoms with Crippen LogP contribution in [0.15, 0.2) is 46.6 Å². The summed E-state index contributed by atoms with van der Waals surface area (Å²) in [5.74, 6) is 0. The Morgan fingerprint density at radius 3 is 2.78 bits per heavy atom. The van der Waals surface area contributed by atoms with Crippen LogP contribution in [-0.4, -0.2) is 15.1 Å². The molecule has 0 unspecified atom stereocenters. The zero-order chi connectivity index (χ0) is 13.0. The first-order valence-electron chi connectivity index (χ1n) is 5.95. The summed E-state index contributed by atoms with van der Waals surface area (Å²) < 4.78 is 0. The molecule has 2 rings (SSSR count). The van der Waals surface area contributed by atoms with Crippen molar-refractivity contribution in [1.29, 1.82) is 0 Å². The number of hydrogen-bond donors (Lipinski definition) is 1. The number of aliphatic hydroxyl groups excluding tert-OH is 1. The third-order valence-electron chi connectivity index (χ3n) is 2.64. The fourth-order valence-corrected chi connectivity index (χ4v) is 2.61. The van der Waals surface area contributed by atoms with Gasteiger partial charge in [0.05, 0.1) is 6.10 Å². The zero-order valence-electron chi connectivity index (χ0n) is 10.5. The van der Waals surface area contributed by atoms with E-state index in [0.717, 1.165) is 16.2 Å². The first-order valence-corrected chi connectivity index (χ1v) is 6.77. The van der Waals surface area contributed by atoms with Crippen LogP contribution in [0, 0.1) is 6.92 Å². The molecule has 0 spiro atoms. The van der Waals surface area contributed by atoms with Crippen LogP contribution in [0.3, 0.4) is 0 Å². The van der Waals surface area contributed by atoms with E-state index >= 15 is 0 Å². The quantitative estimate of drug-likeness (QED) is 0.856. The third-order valence-corrected chi connectivity index (χ3v) is 3.61. The molecule has 0 saturated carbocycles. The topological polar surface area (TPSA) is 46.0 Å². The lowest BCUT2D eigenvalue weighted by Crippen LogP contribution is -1.98. The SMILES string of the molecule is CC[C@H](O)c1ccccc1Sc1nccc(C)n1. The molecule has 0 saturated heterocycles. The van der Waals surface area contributed by atoms with E-state index in [2.05, 4.69) is 9.97 Å². The second-order valence-corrected chi connectivity index (χ2v) is 5.05. The van der Waals surface area contributed by atoms with Crippen molar-refractivity contribution in [3.63, 3.8) is 0 Å². The molecule has 1 atom stereocenters. The van der Waals surface area contributed by atoms with Gasteiger partial charge in [-0.15, -0.1) is 0 Å². The van der Waals surface area contributed by atoms with Crippen molar-refractivity contribution in [3.8, 4) is 0 Å². The first kappa shape index (κ1) is 13.1. The lowest BCUT2D eigenvalue weighted by atomic mass is 10.1. The van der Waals surface area contributed by atoms with Crippen molar-refractivity contribution >= 4 is 11.8 Å². The molecule has 0 amide bonds. The monoisotopic (exact) mass is 260 g/mol. The minimum absolute atomic E-state index is 0.432. The highest BCUT2D eigenvalue weighted by Crippen LogP contribution is 2.32. The van der Waals surface area contributed by atoms with Crippen LogP contribution >= 0.6 is 11.8 Å². The lowest BCUT2D eigenvalue weighted by molar-refractivity contribution is 0.171. The van der Waals surface area contributed by atoms with Gasteiger partial charge in [0, 0.05) is 16.8 Å².